The van der Waals surface area contributed by atoms with Crippen molar-refractivity contribution in [3.8, 4) is 0 Å². The van der Waals surface area contributed by atoms with E-state index in [-0.39, 0.29) is 12.5 Å². The Kier molecular flexibility index (Phi) is 8.67. The van der Waals surface area contributed by atoms with E-state index >= 15 is 0 Å². The van der Waals surface area contributed by atoms with Gasteiger partial charge in [0, 0.05) is 25.2 Å². The fourth-order valence-electron chi connectivity index (χ4n) is 2.80. The Labute approximate surface area is 178 Å². The summed E-state index contributed by atoms with van der Waals surface area (Å²) >= 11 is 0. The first-order valence-corrected chi connectivity index (χ1v) is 10.1. The van der Waals surface area contributed by atoms with Gasteiger partial charge in [-0.1, -0.05) is 0 Å². The summed E-state index contributed by atoms with van der Waals surface area (Å²) in [6.45, 7) is 10.8. The molecule has 172 valence electrons. The Morgan fingerprint density at radius 2 is 1.77 bits per heavy atom. The van der Waals surface area contributed by atoms with Crippen LogP contribution in [-0.4, -0.2) is 77.8 Å². The predicted molar refractivity (Wildman–Crippen MR) is 113 cm³/mol. The van der Waals surface area contributed by atoms with Crippen molar-refractivity contribution in [1.82, 2.24) is 26.2 Å². The van der Waals surface area contributed by atoms with Crippen LogP contribution in [-0.2, 0) is 14.3 Å². The smallest absolute Gasteiger partial charge is 0.315 e. The molecule has 10 heteroatoms. The van der Waals surface area contributed by atoms with Gasteiger partial charge in [-0.3, -0.25) is 9.59 Å². The van der Waals surface area contributed by atoms with E-state index in [1.807, 2.05) is 0 Å². The topological polar surface area (TPSA) is 132 Å². The van der Waals surface area contributed by atoms with Gasteiger partial charge in [-0.25, -0.2) is 4.79 Å². The lowest BCUT2D eigenvalue weighted by atomic mass is 9.87. The number of hydrogen-bond donors (Lipinski definition) is 5. The van der Waals surface area contributed by atoms with Crippen molar-refractivity contribution in [1.29, 1.82) is 0 Å². The summed E-state index contributed by atoms with van der Waals surface area (Å²) in [5.41, 5.74) is -1.84. The minimum absolute atomic E-state index is 0.258. The molecule has 1 aliphatic rings. The number of aliphatic hydroxyl groups is 1. The number of carbonyl (C=O) groups is 3. The lowest BCUT2D eigenvalue weighted by molar-refractivity contribution is -0.130. The summed E-state index contributed by atoms with van der Waals surface area (Å²) in [5, 5.41) is 20.9. The van der Waals surface area contributed by atoms with E-state index in [1.54, 1.807) is 60.5 Å². The lowest BCUT2D eigenvalue weighted by Gasteiger charge is -2.30. The van der Waals surface area contributed by atoms with E-state index in [0.717, 1.165) is 0 Å². The minimum atomic E-state index is -1.06. The van der Waals surface area contributed by atoms with Crippen LogP contribution in [0, 0.1) is 0 Å². The largest absolute Gasteiger partial charge is 0.488 e. The van der Waals surface area contributed by atoms with Gasteiger partial charge >= 0.3 is 6.03 Å². The third kappa shape index (κ3) is 6.60. The zero-order chi connectivity index (χ0) is 23.3. The van der Waals surface area contributed by atoms with Crippen LogP contribution in [0.15, 0.2) is 12.0 Å². The second-order valence-corrected chi connectivity index (χ2v) is 8.60. The summed E-state index contributed by atoms with van der Waals surface area (Å²) in [4.78, 5) is 38.8. The highest BCUT2D eigenvalue weighted by Crippen LogP contribution is 2.40. The number of likely N-dealkylation sites (N-methyl/N-ethyl adjacent to an activating group) is 1. The molecule has 1 rings (SSSR count). The van der Waals surface area contributed by atoms with Gasteiger partial charge in [0.05, 0.1) is 0 Å². The molecule has 5 N–H and O–H groups in total. The number of urea groups is 1. The Balaban J connectivity index is 2.85. The molecular formula is C20H37N5O5. The molecule has 1 aliphatic heterocycles. The van der Waals surface area contributed by atoms with Crippen LogP contribution in [0.25, 0.3) is 0 Å². The summed E-state index contributed by atoms with van der Waals surface area (Å²) < 4.78 is 5.73. The molecule has 0 radical (unpaired) electrons. The van der Waals surface area contributed by atoms with Crippen molar-refractivity contribution in [2.24, 2.45) is 0 Å². The van der Waals surface area contributed by atoms with Crippen molar-refractivity contribution in [2.45, 2.75) is 77.3 Å². The average Bonchev–Trinajstić information content (AvgIpc) is 2.83. The molecule has 4 unspecified atom stereocenters. The van der Waals surface area contributed by atoms with Crippen molar-refractivity contribution in [2.75, 3.05) is 20.6 Å². The van der Waals surface area contributed by atoms with Crippen LogP contribution in [0.3, 0.4) is 0 Å². The molecule has 0 aliphatic carbocycles. The second kappa shape index (κ2) is 10.1. The highest BCUT2D eigenvalue weighted by atomic mass is 16.5. The van der Waals surface area contributed by atoms with Gasteiger partial charge in [0.25, 0.3) is 0 Å². The van der Waals surface area contributed by atoms with Gasteiger partial charge in [-0.15, -0.1) is 0 Å². The van der Waals surface area contributed by atoms with Crippen LogP contribution in [0.2, 0.25) is 0 Å². The van der Waals surface area contributed by atoms with Crippen molar-refractivity contribution >= 4 is 17.8 Å². The van der Waals surface area contributed by atoms with E-state index < -0.39 is 41.1 Å². The van der Waals surface area contributed by atoms with E-state index in [1.165, 1.54) is 6.20 Å². The Hall–Kier alpha value is -2.33. The standard InChI is InChI=1S/C20H37N5O5/c1-9-21-18(28)23-12(2)16(26)24-15(13(3)25(7)8)17(27)22-11-14-10-20(6,29)19(4,5)30-14/h11-13,15,29H,9-10H2,1-8H3,(H,22,27)(H,24,26)(H2,21,23,28)/b14-11-. The molecule has 1 saturated heterocycles. The molecule has 0 spiro atoms. The molecule has 0 aromatic rings. The lowest BCUT2D eigenvalue weighted by Crippen LogP contribution is -2.59. The fraction of sp³-hybridized carbons (Fsp3) is 0.750. The first-order chi connectivity index (χ1) is 13.7. The third-order valence-corrected chi connectivity index (χ3v) is 5.53. The van der Waals surface area contributed by atoms with Crippen LogP contribution in [0.5, 0.6) is 0 Å². The monoisotopic (exact) mass is 427 g/mol. The zero-order valence-corrected chi connectivity index (χ0v) is 19.3. The van der Waals surface area contributed by atoms with Gasteiger partial charge in [0.15, 0.2) is 0 Å². The Bertz CT molecular complexity index is 656. The van der Waals surface area contributed by atoms with Gasteiger partial charge < -0.3 is 36.0 Å². The van der Waals surface area contributed by atoms with Gasteiger partial charge in [-0.05, 0) is 55.6 Å². The number of ether oxygens (including phenoxy) is 1. The first-order valence-electron chi connectivity index (χ1n) is 10.1. The third-order valence-electron chi connectivity index (χ3n) is 5.53. The molecule has 30 heavy (non-hydrogen) atoms. The zero-order valence-electron chi connectivity index (χ0n) is 19.3. The summed E-state index contributed by atoms with van der Waals surface area (Å²) in [5.74, 6) is -0.466. The average molecular weight is 428 g/mol. The summed E-state index contributed by atoms with van der Waals surface area (Å²) in [6, 6.07) is -2.49. The summed E-state index contributed by atoms with van der Waals surface area (Å²) in [7, 11) is 3.59. The summed E-state index contributed by atoms with van der Waals surface area (Å²) in [6.07, 6.45) is 1.68. The van der Waals surface area contributed by atoms with Gasteiger partial charge in [0.1, 0.15) is 29.0 Å². The molecule has 0 aromatic carbocycles. The number of rotatable bonds is 8. The number of nitrogens with zero attached hydrogens (tertiary/aromatic N) is 1. The second-order valence-electron chi connectivity index (χ2n) is 8.60. The first kappa shape index (κ1) is 25.7. The molecule has 10 nitrogen and oxygen atoms in total. The molecule has 1 fully saturated rings. The van der Waals surface area contributed by atoms with Crippen LogP contribution in [0.4, 0.5) is 4.79 Å². The van der Waals surface area contributed by atoms with Crippen molar-refractivity contribution in [3.05, 3.63) is 12.0 Å². The van der Waals surface area contributed by atoms with E-state index in [4.69, 9.17) is 4.74 Å². The van der Waals surface area contributed by atoms with Gasteiger partial charge in [0.2, 0.25) is 11.8 Å². The molecule has 4 amide bonds. The van der Waals surface area contributed by atoms with E-state index in [2.05, 4.69) is 21.3 Å². The molecule has 0 bridgehead atoms. The van der Waals surface area contributed by atoms with Crippen LogP contribution in [0.1, 0.15) is 48.0 Å². The van der Waals surface area contributed by atoms with Crippen molar-refractivity contribution < 1.29 is 24.2 Å². The van der Waals surface area contributed by atoms with Crippen molar-refractivity contribution in [3.63, 3.8) is 0 Å². The number of carbonyl (C=O) groups excluding carboxylic acids is 3. The molecule has 4 atom stereocenters. The molecule has 0 saturated carbocycles. The maximum absolute atomic E-state index is 12.8. The fourth-order valence-corrected chi connectivity index (χ4v) is 2.80. The maximum atomic E-state index is 12.8. The normalized spacial score (nSPS) is 24.5. The highest BCUT2D eigenvalue weighted by molar-refractivity contribution is 5.92. The highest BCUT2D eigenvalue weighted by Gasteiger charge is 2.48. The van der Waals surface area contributed by atoms with Crippen LogP contribution >= 0.6 is 0 Å². The van der Waals surface area contributed by atoms with Gasteiger partial charge in [-0.2, -0.15) is 0 Å². The van der Waals surface area contributed by atoms with E-state index in [9.17, 15) is 19.5 Å². The molecular weight excluding hydrogens is 390 g/mol. The number of nitrogens with one attached hydrogen (secondary N) is 4. The molecule has 1 heterocycles. The quantitative estimate of drug-likeness (QED) is 0.372. The van der Waals surface area contributed by atoms with E-state index in [0.29, 0.717) is 12.3 Å². The molecule has 0 aromatic heterocycles. The number of amides is 4. The Morgan fingerprint density at radius 1 is 1.17 bits per heavy atom. The SMILES string of the molecule is CCNC(=O)NC(C)C(=O)NC(C(=O)N/C=C1/CC(C)(O)C(C)(C)O1)C(C)N(C)C. The maximum Gasteiger partial charge on any atom is 0.315 e. The minimum Gasteiger partial charge on any atom is -0.488 e. The predicted octanol–water partition coefficient (Wildman–Crippen LogP) is 0.0364. The number of hydrogen-bond acceptors (Lipinski definition) is 6. The van der Waals surface area contributed by atoms with Crippen LogP contribution < -0.4 is 21.3 Å². The Morgan fingerprint density at radius 3 is 2.23 bits per heavy atom.